The van der Waals surface area contributed by atoms with Gasteiger partial charge in [-0.05, 0) is 30.4 Å². The third kappa shape index (κ3) is 5.22. The third-order valence-electron chi connectivity index (χ3n) is 3.71. The Bertz CT molecular complexity index is 585. The first-order valence-corrected chi connectivity index (χ1v) is 8.06. The molecule has 0 bridgehead atoms. The number of hydrogen-bond acceptors (Lipinski definition) is 5. The van der Waals surface area contributed by atoms with Crippen LogP contribution in [0.2, 0.25) is 0 Å². The molecule has 1 unspecified atom stereocenters. The van der Waals surface area contributed by atoms with E-state index >= 15 is 0 Å². The van der Waals surface area contributed by atoms with Crippen LogP contribution in [-0.4, -0.2) is 39.7 Å². The Kier molecular flexibility index (Phi) is 7.52. The minimum atomic E-state index is -0.440. The van der Waals surface area contributed by atoms with Crippen LogP contribution in [0.25, 0.3) is 11.6 Å². The van der Waals surface area contributed by atoms with E-state index in [0.717, 1.165) is 37.0 Å². The summed E-state index contributed by atoms with van der Waals surface area (Å²) in [7, 11) is 2.85. The van der Waals surface area contributed by atoms with Gasteiger partial charge in [0.2, 0.25) is 0 Å². The molecule has 5 nitrogen and oxygen atoms in total. The number of carbonyl (C=O) groups excluding carboxylic acids is 1. The van der Waals surface area contributed by atoms with Gasteiger partial charge in [-0.2, -0.15) is 0 Å². The summed E-state index contributed by atoms with van der Waals surface area (Å²) in [4.78, 5) is 12.0. The maximum atomic E-state index is 12.0. The molecule has 0 spiro atoms. The van der Waals surface area contributed by atoms with Gasteiger partial charge in [-0.1, -0.05) is 36.4 Å². The second-order valence-corrected chi connectivity index (χ2v) is 5.38. The predicted molar refractivity (Wildman–Crippen MR) is 92.0 cm³/mol. The molecule has 0 aromatic heterocycles. The number of esters is 1. The summed E-state index contributed by atoms with van der Waals surface area (Å²) in [5.74, 6) is -0.440. The highest BCUT2D eigenvalue weighted by Gasteiger charge is 2.16. The van der Waals surface area contributed by atoms with Crippen LogP contribution in [0.3, 0.4) is 0 Å². The van der Waals surface area contributed by atoms with Gasteiger partial charge in [0, 0.05) is 6.61 Å². The van der Waals surface area contributed by atoms with Gasteiger partial charge in [0.25, 0.3) is 0 Å². The van der Waals surface area contributed by atoms with Crippen molar-refractivity contribution in [3.8, 4) is 0 Å². The van der Waals surface area contributed by atoms with Crippen molar-refractivity contribution in [2.75, 3.05) is 27.4 Å². The lowest BCUT2D eigenvalue weighted by atomic mass is 10.0. The molecule has 0 amide bonds. The molecule has 0 saturated carbocycles. The van der Waals surface area contributed by atoms with Gasteiger partial charge in [0.15, 0.2) is 6.29 Å². The molecule has 0 aliphatic carbocycles. The zero-order valence-corrected chi connectivity index (χ0v) is 14.2. The van der Waals surface area contributed by atoms with Gasteiger partial charge in [0.05, 0.1) is 27.1 Å². The average molecular weight is 332 g/mol. The zero-order valence-electron chi connectivity index (χ0n) is 14.2. The minimum Gasteiger partial charge on any atom is -0.503 e. The first kappa shape index (κ1) is 18.2. The van der Waals surface area contributed by atoms with Crippen LogP contribution in [0.5, 0.6) is 0 Å². The van der Waals surface area contributed by atoms with Crippen LogP contribution in [0, 0.1) is 0 Å². The van der Waals surface area contributed by atoms with Gasteiger partial charge in [-0.3, -0.25) is 0 Å². The highest BCUT2D eigenvalue weighted by molar-refractivity contribution is 6.17. The molecule has 1 aliphatic rings. The third-order valence-corrected chi connectivity index (χ3v) is 3.71. The maximum absolute atomic E-state index is 12.0. The predicted octanol–water partition coefficient (Wildman–Crippen LogP) is 3.40. The molecule has 1 fully saturated rings. The lowest BCUT2D eigenvalue weighted by Crippen LogP contribution is -2.22. The van der Waals surface area contributed by atoms with Crippen molar-refractivity contribution in [1.82, 2.24) is 0 Å². The van der Waals surface area contributed by atoms with E-state index in [-0.39, 0.29) is 6.29 Å². The molecular weight excluding hydrogens is 308 g/mol. The smallest absolute Gasteiger partial charge is 0.341 e. The van der Waals surface area contributed by atoms with E-state index in [1.807, 2.05) is 36.4 Å². The fourth-order valence-electron chi connectivity index (χ4n) is 2.52. The zero-order chi connectivity index (χ0) is 17.2. The standard InChI is InChI=1S/C19H24O5/c1-21-14-17(19(20)22-2)16-10-4-3-8-15(16)9-7-13-24-18-11-5-6-12-23-18/h3-4,7-10,14,18H,5-6,11-13H2,1-2H3/b9-7+,17-14+. The Morgan fingerprint density at radius 3 is 2.83 bits per heavy atom. The lowest BCUT2D eigenvalue weighted by molar-refractivity contribution is -0.155. The van der Waals surface area contributed by atoms with Crippen molar-refractivity contribution >= 4 is 17.6 Å². The van der Waals surface area contributed by atoms with Crippen molar-refractivity contribution in [3.63, 3.8) is 0 Å². The second-order valence-electron chi connectivity index (χ2n) is 5.38. The Balaban J connectivity index is 2.05. The fraction of sp³-hybridized carbons (Fsp3) is 0.421. The summed E-state index contributed by atoms with van der Waals surface area (Å²) in [5.41, 5.74) is 2.01. The van der Waals surface area contributed by atoms with E-state index in [2.05, 4.69) is 0 Å². The van der Waals surface area contributed by atoms with E-state index < -0.39 is 5.97 Å². The van der Waals surface area contributed by atoms with Crippen LogP contribution in [-0.2, 0) is 23.7 Å². The summed E-state index contributed by atoms with van der Waals surface area (Å²) in [5, 5.41) is 0. The van der Waals surface area contributed by atoms with Crippen molar-refractivity contribution in [3.05, 3.63) is 47.7 Å². The molecule has 2 rings (SSSR count). The topological polar surface area (TPSA) is 54.0 Å². The van der Waals surface area contributed by atoms with E-state index in [1.54, 1.807) is 0 Å². The highest BCUT2D eigenvalue weighted by Crippen LogP contribution is 2.22. The minimum absolute atomic E-state index is 0.113. The summed E-state index contributed by atoms with van der Waals surface area (Å²) >= 11 is 0. The van der Waals surface area contributed by atoms with E-state index in [0.29, 0.717) is 12.2 Å². The number of rotatable bonds is 7. The SMILES string of the molecule is CO/C=C(/C(=O)OC)c1ccccc1/C=C/COC1CCCCO1. The summed E-state index contributed by atoms with van der Waals surface area (Å²) in [6.45, 7) is 1.22. The molecule has 1 heterocycles. The molecule has 1 aliphatic heterocycles. The van der Waals surface area contributed by atoms with Gasteiger partial charge in [0.1, 0.15) is 5.57 Å². The lowest BCUT2D eigenvalue weighted by Gasteiger charge is -2.21. The normalized spacial score (nSPS) is 18.6. The number of ether oxygens (including phenoxy) is 4. The second kappa shape index (κ2) is 9.90. The maximum Gasteiger partial charge on any atom is 0.341 e. The first-order chi connectivity index (χ1) is 11.8. The van der Waals surface area contributed by atoms with Gasteiger partial charge >= 0.3 is 5.97 Å². The monoisotopic (exact) mass is 332 g/mol. The number of benzene rings is 1. The van der Waals surface area contributed by atoms with Gasteiger partial charge in [-0.25, -0.2) is 4.79 Å². The molecule has 5 heteroatoms. The Labute approximate surface area is 142 Å². The van der Waals surface area contributed by atoms with Crippen molar-refractivity contribution < 1.29 is 23.7 Å². The first-order valence-electron chi connectivity index (χ1n) is 8.06. The molecule has 0 radical (unpaired) electrons. The molecular formula is C19H24O5. The van der Waals surface area contributed by atoms with E-state index in [4.69, 9.17) is 18.9 Å². The van der Waals surface area contributed by atoms with E-state index in [9.17, 15) is 4.79 Å². The quantitative estimate of drug-likeness (QED) is 0.435. The molecule has 1 aromatic rings. The van der Waals surface area contributed by atoms with Crippen LogP contribution in [0.1, 0.15) is 30.4 Å². The van der Waals surface area contributed by atoms with Crippen LogP contribution in [0.15, 0.2) is 36.6 Å². The molecule has 130 valence electrons. The number of carbonyl (C=O) groups is 1. The van der Waals surface area contributed by atoms with Crippen LogP contribution >= 0.6 is 0 Å². The molecule has 0 N–H and O–H groups in total. The highest BCUT2D eigenvalue weighted by atomic mass is 16.7. The molecule has 1 atom stereocenters. The average Bonchev–Trinajstić information content (AvgIpc) is 2.64. The van der Waals surface area contributed by atoms with Crippen molar-refractivity contribution in [2.45, 2.75) is 25.6 Å². The molecule has 1 aromatic carbocycles. The summed E-state index contributed by atoms with van der Waals surface area (Å²) in [6, 6.07) is 7.56. The Morgan fingerprint density at radius 2 is 2.12 bits per heavy atom. The molecule has 24 heavy (non-hydrogen) atoms. The van der Waals surface area contributed by atoms with Crippen LogP contribution < -0.4 is 0 Å². The fourth-order valence-corrected chi connectivity index (χ4v) is 2.52. The Hall–Kier alpha value is -2.11. The van der Waals surface area contributed by atoms with Gasteiger partial charge in [-0.15, -0.1) is 0 Å². The van der Waals surface area contributed by atoms with Crippen molar-refractivity contribution in [2.24, 2.45) is 0 Å². The summed E-state index contributed by atoms with van der Waals surface area (Å²) < 4.78 is 21.0. The van der Waals surface area contributed by atoms with Crippen molar-refractivity contribution in [1.29, 1.82) is 0 Å². The Morgan fingerprint density at radius 1 is 1.29 bits per heavy atom. The number of methoxy groups -OCH3 is 2. The van der Waals surface area contributed by atoms with Crippen LogP contribution in [0.4, 0.5) is 0 Å². The molecule has 1 saturated heterocycles. The van der Waals surface area contributed by atoms with E-state index in [1.165, 1.54) is 20.5 Å². The summed E-state index contributed by atoms with van der Waals surface area (Å²) in [6.07, 6.45) is 8.30. The largest absolute Gasteiger partial charge is 0.503 e. The number of hydrogen-bond donors (Lipinski definition) is 0. The van der Waals surface area contributed by atoms with Gasteiger partial charge < -0.3 is 18.9 Å².